The Kier molecular flexibility index (Phi) is 4.59. The minimum Gasteiger partial charge on any atom is -0.396 e. The van der Waals surface area contributed by atoms with Crippen molar-refractivity contribution in [3.63, 3.8) is 0 Å². The molecule has 0 radical (unpaired) electrons. The number of benzene rings is 1. The van der Waals surface area contributed by atoms with Crippen molar-refractivity contribution in [2.45, 2.75) is 45.1 Å². The number of hydrogen-bond acceptors (Lipinski definition) is 2. The lowest BCUT2D eigenvalue weighted by Gasteiger charge is -2.30. The largest absolute Gasteiger partial charge is 0.396 e. The number of rotatable bonds is 5. The van der Waals surface area contributed by atoms with E-state index in [0.717, 1.165) is 25.7 Å². The molecule has 1 aliphatic carbocycles. The molecule has 1 aliphatic rings. The Bertz CT molecular complexity index is 418. The van der Waals surface area contributed by atoms with Crippen molar-refractivity contribution in [3.05, 3.63) is 35.9 Å². The fraction of sp³-hybridized carbons (Fsp3) is 0.562. The molecule has 19 heavy (non-hydrogen) atoms. The van der Waals surface area contributed by atoms with Gasteiger partial charge in [-0.25, -0.2) is 0 Å². The van der Waals surface area contributed by atoms with E-state index in [2.05, 4.69) is 12.2 Å². The molecule has 1 saturated carbocycles. The van der Waals surface area contributed by atoms with Gasteiger partial charge >= 0.3 is 0 Å². The van der Waals surface area contributed by atoms with Gasteiger partial charge in [-0.3, -0.25) is 4.79 Å². The van der Waals surface area contributed by atoms with Gasteiger partial charge in [-0.15, -0.1) is 0 Å². The van der Waals surface area contributed by atoms with Gasteiger partial charge < -0.3 is 10.4 Å². The minimum atomic E-state index is -0.137. The first-order valence-electron chi connectivity index (χ1n) is 7.08. The van der Waals surface area contributed by atoms with Gasteiger partial charge in [0.2, 0.25) is 5.91 Å². The normalized spacial score (nSPS) is 26.3. The zero-order chi connectivity index (χ0) is 13.7. The van der Waals surface area contributed by atoms with Gasteiger partial charge in [-0.1, -0.05) is 43.7 Å². The third-order valence-corrected chi connectivity index (χ3v) is 4.26. The third kappa shape index (κ3) is 3.57. The van der Waals surface area contributed by atoms with Crippen LogP contribution in [0.1, 0.15) is 38.2 Å². The lowest BCUT2D eigenvalue weighted by Crippen LogP contribution is -2.44. The number of carbonyl (C=O) groups is 1. The van der Waals surface area contributed by atoms with E-state index in [4.69, 9.17) is 0 Å². The molecule has 2 rings (SSSR count). The van der Waals surface area contributed by atoms with E-state index in [9.17, 15) is 9.90 Å². The molecule has 0 heterocycles. The van der Waals surface area contributed by atoms with Crippen LogP contribution in [0.25, 0.3) is 0 Å². The Morgan fingerprint density at radius 2 is 2.16 bits per heavy atom. The van der Waals surface area contributed by atoms with E-state index in [0.29, 0.717) is 6.42 Å². The number of hydrogen-bond donors (Lipinski definition) is 2. The molecule has 0 aliphatic heterocycles. The van der Waals surface area contributed by atoms with E-state index < -0.39 is 0 Å². The summed E-state index contributed by atoms with van der Waals surface area (Å²) in [6, 6.07) is 10.2. The first-order chi connectivity index (χ1) is 9.14. The monoisotopic (exact) mass is 261 g/mol. The van der Waals surface area contributed by atoms with E-state index in [1.807, 2.05) is 30.3 Å². The summed E-state index contributed by atoms with van der Waals surface area (Å²) in [5.41, 5.74) is 1.05. The van der Waals surface area contributed by atoms with Crippen LogP contribution >= 0.6 is 0 Å². The fourth-order valence-electron chi connectivity index (χ4n) is 2.84. The maximum absolute atomic E-state index is 12.0. The van der Waals surface area contributed by atoms with Gasteiger partial charge in [0.05, 0.1) is 6.61 Å². The average Bonchev–Trinajstić information content (AvgIpc) is 2.80. The second-order valence-electron chi connectivity index (χ2n) is 5.81. The summed E-state index contributed by atoms with van der Waals surface area (Å²) in [7, 11) is 0. The molecule has 2 atom stereocenters. The molecular weight excluding hydrogens is 238 g/mol. The van der Waals surface area contributed by atoms with Crippen molar-refractivity contribution in [1.29, 1.82) is 0 Å². The highest BCUT2D eigenvalue weighted by Crippen LogP contribution is 2.37. The number of aliphatic hydroxyl groups is 1. The van der Waals surface area contributed by atoms with Gasteiger partial charge in [-0.05, 0) is 24.8 Å². The van der Waals surface area contributed by atoms with Crippen molar-refractivity contribution in [2.75, 3.05) is 6.61 Å². The Morgan fingerprint density at radius 3 is 2.84 bits per heavy atom. The summed E-state index contributed by atoms with van der Waals surface area (Å²) in [6.07, 6.45) is 4.35. The van der Waals surface area contributed by atoms with Gasteiger partial charge in [-0.2, -0.15) is 0 Å². The molecule has 2 N–H and O–H groups in total. The van der Waals surface area contributed by atoms with Crippen LogP contribution < -0.4 is 5.32 Å². The fourth-order valence-corrected chi connectivity index (χ4v) is 2.84. The Morgan fingerprint density at radius 1 is 1.42 bits per heavy atom. The number of nitrogens with one attached hydrogen (secondary N) is 1. The maximum atomic E-state index is 12.0. The molecule has 3 heteroatoms. The molecule has 0 spiro atoms. The quantitative estimate of drug-likeness (QED) is 0.854. The Labute approximate surface area is 115 Å². The molecule has 0 bridgehead atoms. The number of amides is 1. The molecule has 1 fully saturated rings. The molecule has 1 amide bonds. The van der Waals surface area contributed by atoms with Crippen LogP contribution in [0.3, 0.4) is 0 Å². The molecular formula is C16H23NO2. The summed E-state index contributed by atoms with van der Waals surface area (Å²) >= 11 is 0. The Hall–Kier alpha value is -1.35. The standard InChI is InChI=1S/C16H23NO2/c1-16(12-18)11-5-8-14(16)17-15(19)10-9-13-6-3-2-4-7-13/h2-4,6-7,14,18H,5,8-12H2,1H3,(H,17,19). The second-order valence-corrected chi connectivity index (χ2v) is 5.81. The SMILES string of the molecule is CC1(CO)CCCC1NC(=O)CCc1ccccc1. The molecule has 3 nitrogen and oxygen atoms in total. The molecule has 0 saturated heterocycles. The summed E-state index contributed by atoms with van der Waals surface area (Å²) < 4.78 is 0. The predicted molar refractivity (Wildman–Crippen MR) is 75.7 cm³/mol. The summed E-state index contributed by atoms with van der Waals surface area (Å²) in [5.74, 6) is 0.0930. The highest BCUT2D eigenvalue weighted by Gasteiger charge is 2.38. The summed E-state index contributed by atoms with van der Waals surface area (Å²) in [5, 5.41) is 12.6. The molecule has 1 aromatic rings. The van der Waals surface area contributed by atoms with E-state index >= 15 is 0 Å². The highest BCUT2D eigenvalue weighted by molar-refractivity contribution is 5.76. The molecule has 1 aromatic carbocycles. The van der Waals surface area contributed by atoms with Crippen LogP contribution in [0.4, 0.5) is 0 Å². The van der Waals surface area contributed by atoms with Crippen LogP contribution in [0.5, 0.6) is 0 Å². The molecule has 2 unspecified atom stereocenters. The number of aryl methyl sites for hydroxylation is 1. The van der Waals surface area contributed by atoms with Crippen molar-refractivity contribution in [2.24, 2.45) is 5.41 Å². The predicted octanol–water partition coefficient (Wildman–Crippen LogP) is 2.29. The average molecular weight is 261 g/mol. The van der Waals surface area contributed by atoms with E-state index in [1.54, 1.807) is 0 Å². The lowest BCUT2D eigenvalue weighted by atomic mass is 9.85. The first kappa shape index (κ1) is 14.1. The summed E-state index contributed by atoms with van der Waals surface area (Å²) in [6.45, 7) is 2.21. The van der Waals surface area contributed by atoms with Crippen molar-refractivity contribution >= 4 is 5.91 Å². The molecule has 0 aromatic heterocycles. The summed E-state index contributed by atoms with van der Waals surface area (Å²) in [4.78, 5) is 12.0. The topological polar surface area (TPSA) is 49.3 Å². The Balaban J connectivity index is 1.81. The lowest BCUT2D eigenvalue weighted by molar-refractivity contribution is -0.122. The van der Waals surface area contributed by atoms with Crippen LogP contribution in [0.15, 0.2) is 30.3 Å². The van der Waals surface area contributed by atoms with Gasteiger partial charge in [0, 0.05) is 17.9 Å². The van der Waals surface area contributed by atoms with Crippen LogP contribution in [-0.4, -0.2) is 23.7 Å². The zero-order valence-electron chi connectivity index (χ0n) is 11.6. The van der Waals surface area contributed by atoms with Crippen molar-refractivity contribution < 1.29 is 9.90 Å². The zero-order valence-corrected chi connectivity index (χ0v) is 11.6. The van der Waals surface area contributed by atoms with Crippen molar-refractivity contribution in [3.8, 4) is 0 Å². The third-order valence-electron chi connectivity index (χ3n) is 4.26. The van der Waals surface area contributed by atoms with Crippen LogP contribution in [-0.2, 0) is 11.2 Å². The smallest absolute Gasteiger partial charge is 0.220 e. The highest BCUT2D eigenvalue weighted by atomic mass is 16.3. The first-order valence-corrected chi connectivity index (χ1v) is 7.08. The van der Waals surface area contributed by atoms with Gasteiger partial charge in [0.1, 0.15) is 0 Å². The van der Waals surface area contributed by atoms with E-state index in [-0.39, 0.29) is 24.0 Å². The van der Waals surface area contributed by atoms with E-state index in [1.165, 1.54) is 5.56 Å². The minimum absolute atomic E-state index is 0.0930. The van der Waals surface area contributed by atoms with Crippen LogP contribution in [0, 0.1) is 5.41 Å². The van der Waals surface area contributed by atoms with Crippen LogP contribution in [0.2, 0.25) is 0 Å². The van der Waals surface area contributed by atoms with Gasteiger partial charge in [0.25, 0.3) is 0 Å². The molecule has 104 valence electrons. The number of carbonyl (C=O) groups excluding carboxylic acids is 1. The maximum Gasteiger partial charge on any atom is 0.220 e. The van der Waals surface area contributed by atoms with Gasteiger partial charge in [0.15, 0.2) is 0 Å². The van der Waals surface area contributed by atoms with Crippen molar-refractivity contribution in [1.82, 2.24) is 5.32 Å². The number of aliphatic hydroxyl groups excluding tert-OH is 1. The second kappa shape index (κ2) is 6.20.